The van der Waals surface area contributed by atoms with Crippen molar-refractivity contribution in [3.05, 3.63) is 90.0 Å². The van der Waals surface area contributed by atoms with E-state index in [9.17, 15) is 4.79 Å². The molecule has 2 aromatic heterocycles. The Kier molecular flexibility index (Phi) is 4.02. The van der Waals surface area contributed by atoms with Gasteiger partial charge in [0, 0.05) is 38.6 Å². The smallest absolute Gasteiger partial charge is 0.271 e. The highest BCUT2D eigenvalue weighted by molar-refractivity contribution is 5.94. The monoisotopic (exact) mass is 358 g/mol. The second-order valence-corrected chi connectivity index (χ2v) is 7.37. The molecular weight excluding hydrogens is 336 g/mol. The molecule has 0 bridgehead atoms. The Morgan fingerprint density at radius 1 is 0.889 bits per heavy atom. The van der Waals surface area contributed by atoms with Crippen LogP contribution in [0.2, 0.25) is 0 Å². The summed E-state index contributed by atoms with van der Waals surface area (Å²) < 4.78 is 2.17. The third-order valence-corrected chi connectivity index (χ3v) is 5.66. The number of amides is 1. The Balaban J connectivity index is 1.44. The summed E-state index contributed by atoms with van der Waals surface area (Å²) in [7, 11) is 0. The van der Waals surface area contributed by atoms with E-state index in [-0.39, 0.29) is 11.9 Å². The molecule has 1 saturated heterocycles. The molecule has 27 heavy (non-hydrogen) atoms. The Labute approximate surface area is 158 Å². The van der Waals surface area contributed by atoms with Gasteiger partial charge in [-0.1, -0.05) is 36.4 Å². The maximum Gasteiger partial charge on any atom is 0.271 e. The van der Waals surface area contributed by atoms with Crippen LogP contribution in [0.1, 0.15) is 27.8 Å². The molecule has 3 aromatic rings. The molecule has 1 fully saturated rings. The fraction of sp³-hybridized carbons (Fsp3) is 0.273. The molecule has 0 radical (unpaired) electrons. The van der Waals surface area contributed by atoms with Gasteiger partial charge in [0.2, 0.25) is 0 Å². The molecule has 0 unspecified atom stereocenters. The first-order valence-electron chi connectivity index (χ1n) is 9.43. The fourth-order valence-corrected chi connectivity index (χ4v) is 4.41. The van der Waals surface area contributed by atoms with E-state index in [2.05, 4.69) is 43.7 Å². The molecular formula is C22H22N4O. The molecule has 0 spiro atoms. The minimum Gasteiger partial charge on any atom is -0.337 e. The maximum atomic E-state index is 13.2. The number of nitrogens with zero attached hydrogens (tertiary/aromatic N) is 4. The van der Waals surface area contributed by atoms with Gasteiger partial charge in [-0.25, -0.2) is 0 Å². The molecule has 5 rings (SSSR count). The molecule has 5 nitrogen and oxygen atoms in total. The summed E-state index contributed by atoms with van der Waals surface area (Å²) in [4.78, 5) is 22.1. The third-order valence-electron chi connectivity index (χ3n) is 5.66. The number of carbonyl (C=O) groups excluding carboxylic acids is 1. The van der Waals surface area contributed by atoms with Crippen molar-refractivity contribution in [3.63, 3.8) is 0 Å². The predicted molar refractivity (Wildman–Crippen MR) is 103 cm³/mol. The fourth-order valence-electron chi connectivity index (χ4n) is 4.41. The molecule has 2 aliphatic heterocycles. The SMILES string of the molecule is O=C1c2cccn2[C@H]2CN(Cc3ccccn3)C[C@H]2N1Cc1ccccc1. The average molecular weight is 358 g/mol. The zero-order valence-electron chi connectivity index (χ0n) is 15.1. The quantitative estimate of drug-likeness (QED) is 0.720. The number of pyridine rings is 1. The Morgan fingerprint density at radius 2 is 1.70 bits per heavy atom. The van der Waals surface area contributed by atoms with Crippen LogP contribution in [0.15, 0.2) is 73.1 Å². The summed E-state index contributed by atoms with van der Waals surface area (Å²) in [6.45, 7) is 3.28. The lowest BCUT2D eigenvalue weighted by Crippen LogP contribution is -2.49. The molecule has 1 aromatic carbocycles. The number of hydrogen-bond acceptors (Lipinski definition) is 3. The van der Waals surface area contributed by atoms with E-state index >= 15 is 0 Å². The summed E-state index contributed by atoms with van der Waals surface area (Å²) in [6, 6.07) is 20.7. The normalized spacial score (nSPS) is 21.9. The summed E-state index contributed by atoms with van der Waals surface area (Å²) in [6.07, 6.45) is 3.89. The largest absolute Gasteiger partial charge is 0.337 e. The molecule has 0 N–H and O–H groups in total. The van der Waals surface area contributed by atoms with Crippen molar-refractivity contribution in [1.29, 1.82) is 0 Å². The van der Waals surface area contributed by atoms with Crippen molar-refractivity contribution in [2.75, 3.05) is 13.1 Å². The maximum absolute atomic E-state index is 13.2. The van der Waals surface area contributed by atoms with Crippen LogP contribution < -0.4 is 0 Å². The molecule has 4 heterocycles. The standard InChI is InChI=1S/C22H22N4O/c27-22-19-10-6-12-25(19)20-15-24(14-18-9-4-5-11-23-18)16-21(20)26(22)13-17-7-2-1-3-8-17/h1-12,20-21H,13-16H2/t20-,21+/m0/s1. The molecule has 5 heteroatoms. The minimum absolute atomic E-state index is 0.129. The van der Waals surface area contributed by atoms with Gasteiger partial charge in [-0.15, -0.1) is 0 Å². The van der Waals surface area contributed by atoms with Gasteiger partial charge in [0.25, 0.3) is 5.91 Å². The summed E-state index contributed by atoms with van der Waals surface area (Å²) in [5.41, 5.74) is 3.05. The zero-order chi connectivity index (χ0) is 18.2. The first-order chi connectivity index (χ1) is 13.3. The number of rotatable bonds is 4. The number of benzene rings is 1. The average Bonchev–Trinajstić information content (AvgIpc) is 3.34. The number of carbonyl (C=O) groups is 1. The molecule has 136 valence electrons. The summed E-state index contributed by atoms with van der Waals surface area (Å²) >= 11 is 0. The van der Waals surface area contributed by atoms with Crippen molar-refractivity contribution in [2.45, 2.75) is 25.2 Å². The highest BCUT2D eigenvalue weighted by Crippen LogP contribution is 2.35. The van der Waals surface area contributed by atoms with Crippen LogP contribution in [-0.4, -0.2) is 44.4 Å². The van der Waals surface area contributed by atoms with Crippen LogP contribution in [0.25, 0.3) is 0 Å². The second-order valence-electron chi connectivity index (χ2n) is 7.37. The number of likely N-dealkylation sites (tertiary alicyclic amines) is 1. The van der Waals surface area contributed by atoms with Gasteiger partial charge in [-0.2, -0.15) is 0 Å². The van der Waals surface area contributed by atoms with Crippen molar-refractivity contribution in [1.82, 2.24) is 19.4 Å². The van der Waals surface area contributed by atoms with Gasteiger partial charge >= 0.3 is 0 Å². The predicted octanol–water partition coefficient (Wildman–Crippen LogP) is 2.96. The first kappa shape index (κ1) is 16.3. The van der Waals surface area contributed by atoms with E-state index in [1.807, 2.05) is 48.7 Å². The molecule has 0 saturated carbocycles. The van der Waals surface area contributed by atoms with E-state index < -0.39 is 0 Å². The van der Waals surface area contributed by atoms with Gasteiger partial charge in [-0.3, -0.25) is 14.7 Å². The lowest BCUT2D eigenvalue weighted by atomic mass is 10.0. The third kappa shape index (κ3) is 2.94. The van der Waals surface area contributed by atoms with E-state index in [0.29, 0.717) is 12.6 Å². The van der Waals surface area contributed by atoms with Crippen LogP contribution in [-0.2, 0) is 13.1 Å². The Hall–Kier alpha value is -2.92. The van der Waals surface area contributed by atoms with Crippen LogP contribution in [0.5, 0.6) is 0 Å². The highest BCUT2D eigenvalue weighted by atomic mass is 16.2. The first-order valence-corrected chi connectivity index (χ1v) is 9.43. The van der Waals surface area contributed by atoms with Gasteiger partial charge < -0.3 is 9.47 Å². The molecule has 1 amide bonds. The number of aromatic nitrogens is 2. The van der Waals surface area contributed by atoms with E-state index in [1.165, 1.54) is 5.56 Å². The van der Waals surface area contributed by atoms with Crippen molar-refractivity contribution in [3.8, 4) is 0 Å². The van der Waals surface area contributed by atoms with E-state index in [1.54, 1.807) is 0 Å². The molecule has 2 aliphatic rings. The van der Waals surface area contributed by atoms with Crippen LogP contribution in [0.4, 0.5) is 0 Å². The summed E-state index contributed by atoms with van der Waals surface area (Å²) in [5, 5.41) is 0. The molecule has 2 atom stereocenters. The number of fused-ring (bicyclic) bond motifs is 3. The van der Waals surface area contributed by atoms with Crippen molar-refractivity contribution >= 4 is 5.91 Å². The second kappa shape index (κ2) is 6.67. The zero-order valence-corrected chi connectivity index (χ0v) is 15.1. The van der Waals surface area contributed by atoms with Gasteiger partial charge in [0.05, 0.1) is 17.8 Å². The van der Waals surface area contributed by atoms with Crippen LogP contribution >= 0.6 is 0 Å². The van der Waals surface area contributed by atoms with Gasteiger partial charge in [0.15, 0.2) is 0 Å². The van der Waals surface area contributed by atoms with Crippen molar-refractivity contribution in [2.24, 2.45) is 0 Å². The minimum atomic E-state index is 0.129. The van der Waals surface area contributed by atoms with E-state index in [4.69, 9.17) is 0 Å². The number of hydrogen-bond donors (Lipinski definition) is 0. The van der Waals surface area contributed by atoms with Crippen LogP contribution in [0, 0.1) is 0 Å². The van der Waals surface area contributed by atoms with Crippen molar-refractivity contribution < 1.29 is 4.79 Å². The van der Waals surface area contributed by atoms with Crippen LogP contribution in [0.3, 0.4) is 0 Å². The van der Waals surface area contributed by atoms with Gasteiger partial charge in [-0.05, 0) is 29.8 Å². The van der Waals surface area contributed by atoms with Gasteiger partial charge in [0.1, 0.15) is 5.69 Å². The Bertz CT molecular complexity index is 937. The topological polar surface area (TPSA) is 41.4 Å². The van der Waals surface area contributed by atoms with E-state index in [0.717, 1.165) is 31.0 Å². The lowest BCUT2D eigenvalue weighted by molar-refractivity contribution is 0.0556. The Morgan fingerprint density at radius 3 is 2.52 bits per heavy atom. The lowest BCUT2D eigenvalue weighted by Gasteiger charge is -2.38. The summed E-state index contributed by atoms with van der Waals surface area (Å²) in [5.74, 6) is 0.129. The molecule has 0 aliphatic carbocycles. The highest BCUT2D eigenvalue weighted by Gasteiger charge is 2.44.